The summed E-state index contributed by atoms with van der Waals surface area (Å²) in [5, 5.41) is 0.130. The van der Waals surface area contributed by atoms with Gasteiger partial charge in [0.1, 0.15) is 0 Å². The monoisotopic (exact) mass is 211 g/mol. The Labute approximate surface area is 91.5 Å². The van der Waals surface area contributed by atoms with Crippen LogP contribution in [0.4, 0.5) is 0 Å². The van der Waals surface area contributed by atoms with Crippen molar-refractivity contribution >= 4 is 11.6 Å². The molecule has 1 aromatic heterocycles. The van der Waals surface area contributed by atoms with Crippen LogP contribution in [0, 0.1) is 12.8 Å². The highest BCUT2D eigenvalue weighted by Crippen LogP contribution is 2.29. The van der Waals surface area contributed by atoms with Crippen LogP contribution in [-0.4, -0.2) is 10.4 Å². The second-order valence-electron chi connectivity index (χ2n) is 4.21. The maximum atomic E-state index is 6.17. The van der Waals surface area contributed by atoms with E-state index in [0.29, 0.717) is 11.8 Å². The number of nitrogens with zero attached hydrogens (tertiary/aromatic N) is 1. The van der Waals surface area contributed by atoms with Crippen molar-refractivity contribution in [3.05, 3.63) is 29.6 Å². The van der Waals surface area contributed by atoms with Gasteiger partial charge in [-0.1, -0.05) is 19.9 Å². The van der Waals surface area contributed by atoms with Crippen LogP contribution in [0.1, 0.15) is 37.9 Å². The molecule has 2 heteroatoms. The Balaban J connectivity index is 2.94. The van der Waals surface area contributed by atoms with Crippen LogP contribution in [0.5, 0.6) is 0 Å². The van der Waals surface area contributed by atoms with Gasteiger partial charge in [0.15, 0.2) is 0 Å². The van der Waals surface area contributed by atoms with E-state index in [1.54, 1.807) is 0 Å². The van der Waals surface area contributed by atoms with E-state index in [4.69, 9.17) is 11.6 Å². The maximum Gasteiger partial charge on any atom is 0.0451 e. The number of aromatic nitrogens is 1. The summed E-state index contributed by atoms with van der Waals surface area (Å²) in [6.45, 7) is 8.45. The zero-order chi connectivity index (χ0) is 10.7. The summed E-state index contributed by atoms with van der Waals surface area (Å²) in [6, 6.07) is 4.18. The standard InChI is InChI=1S/C12H18ClN/c1-8(2)12(10(4)13)11-6-5-9(3)7-14-11/h5-8,10,12H,1-4H3. The van der Waals surface area contributed by atoms with E-state index in [1.165, 1.54) is 5.56 Å². The van der Waals surface area contributed by atoms with Gasteiger partial charge in [0.2, 0.25) is 0 Å². The molecule has 14 heavy (non-hydrogen) atoms. The van der Waals surface area contributed by atoms with E-state index in [0.717, 1.165) is 5.69 Å². The van der Waals surface area contributed by atoms with Crippen molar-refractivity contribution in [1.82, 2.24) is 4.98 Å². The van der Waals surface area contributed by atoms with E-state index in [-0.39, 0.29) is 5.38 Å². The van der Waals surface area contributed by atoms with Crippen molar-refractivity contribution in [2.45, 2.75) is 39.0 Å². The van der Waals surface area contributed by atoms with Crippen LogP contribution in [0.2, 0.25) is 0 Å². The van der Waals surface area contributed by atoms with Crippen molar-refractivity contribution in [3.8, 4) is 0 Å². The van der Waals surface area contributed by atoms with E-state index in [9.17, 15) is 0 Å². The lowest BCUT2D eigenvalue weighted by molar-refractivity contribution is 0.480. The smallest absolute Gasteiger partial charge is 0.0451 e. The van der Waals surface area contributed by atoms with Crippen molar-refractivity contribution in [2.75, 3.05) is 0 Å². The van der Waals surface area contributed by atoms with Gasteiger partial charge in [-0.3, -0.25) is 4.98 Å². The van der Waals surface area contributed by atoms with Crippen LogP contribution in [0.3, 0.4) is 0 Å². The first-order chi connectivity index (χ1) is 6.52. The number of hydrogen-bond acceptors (Lipinski definition) is 1. The average molecular weight is 212 g/mol. The lowest BCUT2D eigenvalue weighted by atomic mass is 9.89. The summed E-state index contributed by atoms with van der Waals surface area (Å²) in [5.41, 5.74) is 2.30. The number of rotatable bonds is 3. The fraction of sp³-hybridized carbons (Fsp3) is 0.583. The fourth-order valence-electron chi connectivity index (χ4n) is 1.78. The van der Waals surface area contributed by atoms with E-state index in [2.05, 4.69) is 31.0 Å². The summed E-state index contributed by atoms with van der Waals surface area (Å²) in [4.78, 5) is 4.44. The minimum Gasteiger partial charge on any atom is -0.261 e. The molecule has 0 aliphatic heterocycles. The number of halogens is 1. The Kier molecular flexibility index (Phi) is 3.94. The Morgan fingerprint density at radius 3 is 2.21 bits per heavy atom. The molecular weight excluding hydrogens is 194 g/mol. The lowest BCUT2D eigenvalue weighted by Gasteiger charge is -2.22. The topological polar surface area (TPSA) is 12.9 Å². The van der Waals surface area contributed by atoms with Crippen molar-refractivity contribution in [1.29, 1.82) is 0 Å². The molecule has 0 aliphatic rings. The first kappa shape index (κ1) is 11.5. The molecule has 1 heterocycles. The first-order valence-corrected chi connectivity index (χ1v) is 5.52. The maximum absolute atomic E-state index is 6.17. The van der Waals surface area contributed by atoms with Crippen molar-refractivity contribution in [3.63, 3.8) is 0 Å². The number of pyridine rings is 1. The molecule has 78 valence electrons. The van der Waals surface area contributed by atoms with Gasteiger partial charge in [-0.05, 0) is 31.4 Å². The highest BCUT2D eigenvalue weighted by Gasteiger charge is 2.21. The van der Waals surface area contributed by atoms with Gasteiger partial charge in [0.25, 0.3) is 0 Å². The summed E-state index contributed by atoms with van der Waals surface area (Å²) < 4.78 is 0. The lowest BCUT2D eigenvalue weighted by Crippen LogP contribution is -2.17. The zero-order valence-electron chi connectivity index (χ0n) is 9.29. The molecule has 0 saturated heterocycles. The third kappa shape index (κ3) is 2.71. The van der Waals surface area contributed by atoms with Crippen LogP contribution in [0.15, 0.2) is 18.3 Å². The average Bonchev–Trinajstić information content (AvgIpc) is 2.07. The quantitative estimate of drug-likeness (QED) is 0.694. The van der Waals surface area contributed by atoms with Crippen LogP contribution in [-0.2, 0) is 0 Å². The van der Waals surface area contributed by atoms with Gasteiger partial charge in [0.05, 0.1) is 0 Å². The minimum atomic E-state index is 0.130. The molecule has 0 amide bonds. The predicted octanol–water partition coefficient (Wildman–Crippen LogP) is 3.76. The molecule has 2 unspecified atom stereocenters. The molecule has 0 aliphatic carbocycles. The van der Waals surface area contributed by atoms with Crippen molar-refractivity contribution < 1.29 is 0 Å². The Morgan fingerprint density at radius 1 is 1.21 bits per heavy atom. The molecule has 0 saturated carbocycles. The first-order valence-electron chi connectivity index (χ1n) is 5.09. The van der Waals surface area contributed by atoms with Gasteiger partial charge in [0, 0.05) is 23.2 Å². The fourth-order valence-corrected chi connectivity index (χ4v) is 2.20. The van der Waals surface area contributed by atoms with E-state index >= 15 is 0 Å². The Hall–Kier alpha value is -0.560. The molecule has 0 spiro atoms. The van der Waals surface area contributed by atoms with Gasteiger partial charge in [-0.25, -0.2) is 0 Å². The Morgan fingerprint density at radius 2 is 1.86 bits per heavy atom. The number of aryl methyl sites for hydroxylation is 1. The van der Waals surface area contributed by atoms with Gasteiger partial charge >= 0.3 is 0 Å². The highest BCUT2D eigenvalue weighted by atomic mass is 35.5. The molecule has 2 atom stereocenters. The number of hydrogen-bond donors (Lipinski definition) is 0. The highest BCUT2D eigenvalue weighted by molar-refractivity contribution is 6.20. The third-order valence-corrected chi connectivity index (χ3v) is 2.76. The number of alkyl halides is 1. The molecule has 0 fully saturated rings. The van der Waals surface area contributed by atoms with Crippen LogP contribution in [0.25, 0.3) is 0 Å². The van der Waals surface area contributed by atoms with Crippen LogP contribution >= 0.6 is 11.6 Å². The van der Waals surface area contributed by atoms with Gasteiger partial charge < -0.3 is 0 Å². The summed E-state index contributed by atoms with van der Waals surface area (Å²) >= 11 is 6.17. The molecule has 1 rings (SSSR count). The molecule has 0 N–H and O–H groups in total. The molecule has 0 bridgehead atoms. The second kappa shape index (κ2) is 4.79. The largest absolute Gasteiger partial charge is 0.261 e. The molecular formula is C12H18ClN. The van der Waals surface area contributed by atoms with E-state index in [1.807, 2.05) is 20.0 Å². The Bertz CT molecular complexity index is 269. The zero-order valence-corrected chi connectivity index (χ0v) is 10.0. The van der Waals surface area contributed by atoms with Gasteiger partial charge in [-0.15, -0.1) is 11.6 Å². The second-order valence-corrected chi connectivity index (χ2v) is 4.90. The SMILES string of the molecule is Cc1ccc(C(C(C)C)C(C)Cl)nc1. The van der Waals surface area contributed by atoms with Gasteiger partial charge in [-0.2, -0.15) is 0 Å². The van der Waals surface area contributed by atoms with Crippen LogP contribution < -0.4 is 0 Å². The summed E-state index contributed by atoms with van der Waals surface area (Å²) in [5.74, 6) is 0.870. The van der Waals surface area contributed by atoms with E-state index < -0.39 is 0 Å². The molecule has 0 aromatic carbocycles. The minimum absolute atomic E-state index is 0.130. The predicted molar refractivity (Wildman–Crippen MR) is 61.9 cm³/mol. The molecule has 1 aromatic rings. The normalized spacial score (nSPS) is 15.6. The summed E-state index contributed by atoms with van der Waals surface area (Å²) in [6.07, 6.45) is 1.91. The van der Waals surface area contributed by atoms with Crippen molar-refractivity contribution in [2.24, 2.45) is 5.92 Å². The summed E-state index contributed by atoms with van der Waals surface area (Å²) in [7, 11) is 0. The third-order valence-electron chi connectivity index (χ3n) is 2.49. The molecule has 0 radical (unpaired) electrons. The molecule has 1 nitrogen and oxygen atoms in total.